The number of hydrazine groups is 1. The molecule has 2 atom stereocenters. The van der Waals surface area contributed by atoms with Crippen LogP contribution in [0.25, 0.3) is 0 Å². The highest BCUT2D eigenvalue weighted by atomic mass is 16.2. The van der Waals surface area contributed by atoms with Crippen LogP contribution in [0.5, 0.6) is 0 Å². The predicted octanol–water partition coefficient (Wildman–Crippen LogP) is 2.11. The number of para-hydroxylation sites is 1. The Morgan fingerprint density at radius 1 is 1.19 bits per heavy atom. The van der Waals surface area contributed by atoms with Crippen molar-refractivity contribution in [3.05, 3.63) is 54.2 Å². The van der Waals surface area contributed by atoms with E-state index in [1.807, 2.05) is 60.6 Å². The Bertz CT molecular complexity index is 745. The summed E-state index contributed by atoms with van der Waals surface area (Å²) in [6.07, 6.45) is 5.25. The second-order valence-corrected chi connectivity index (χ2v) is 7.16. The summed E-state index contributed by atoms with van der Waals surface area (Å²) in [4.78, 5) is 18.9. The fourth-order valence-corrected chi connectivity index (χ4v) is 3.38. The maximum atomic E-state index is 12.3. The average molecular weight is 351 g/mol. The van der Waals surface area contributed by atoms with Crippen LogP contribution >= 0.6 is 0 Å². The topological polar surface area (TPSA) is 69.3 Å². The summed E-state index contributed by atoms with van der Waals surface area (Å²) in [6, 6.07) is 14.4. The van der Waals surface area contributed by atoms with Gasteiger partial charge in [-0.2, -0.15) is 0 Å². The molecule has 136 valence electrons. The van der Waals surface area contributed by atoms with E-state index in [1.165, 1.54) is 12.8 Å². The van der Waals surface area contributed by atoms with E-state index in [0.29, 0.717) is 12.6 Å². The van der Waals surface area contributed by atoms with E-state index in [9.17, 15) is 4.79 Å². The van der Waals surface area contributed by atoms with E-state index in [2.05, 4.69) is 21.2 Å². The Morgan fingerprint density at radius 2 is 2.00 bits per heavy atom. The molecule has 1 saturated heterocycles. The number of nitrogens with zero attached hydrogens (tertiary/aromatic N) is 2. The normalized spacial score (nSPS) is 22.2. The van der Waals surface area contributed by atoms with Crippen LogP contribution in [0, 0.1) is 5.92 Å². The Balaban J connectivity index is 1.29. The van der Waals surface area contributed by atoms with Crippen molar-refractivity contribution in [2.45, 2.75) is 37.9 Å². The lowest BCUT2D eigenvalue weighted by Gasteiger charge is -2.18. The highest BCUT2D eigenvalue weighted by Gasteiger charge is 2.38. The molecule has 2 aromatic rings. The molecule has 6 heteroatoms. The maximum absolute atomic E-state index is 12.3. The Hall–Kier alpha value is -2.44. The number of anilines is 2. The third kappa shape index (κ3) is 3.86. The third-order valence-electron chi connectivity index (χ3n) is 5.20. The summed E-state index contributed by atoms with van der Waals surface area (Å²) in [5.41, 5.74) is 8.46. The lowest BCUT2D eigenvalue weighted by Crippen LogP contribution is -2.43. The molecule has 4 rings (SSSR count). The second kappa shape index (κ2) is 7.43. The van der Waals surface area contributed by atoms with Crippen LogP contribution in [0.3, 0.4) is 0 Å². The zero-order valence-electron chi connectivity index (χ0n) is 15.0. The summed E-state index contributed by atoms with van der Waals surface area (Å²) in [5.74, 6) is 1.67. The van der Waals surface area contributed by atoms with E-state index < -0.39 is 0 Å². The highest BCUT2D eigenvalue weighted by molar-refractivity contribution is 5.82. The minimum Gasteiger partial charge on any atom is -0.351 e. The molecule has 0 bridgehead atoms. The van der Waals surface area contributed by atoms with Gasteiger partial charge in [-0.15, -0.1) is 0 Å². The quantitative estimate of drug-likeness (QED) is 0.744. The van der Waals surface area contributed by atoms with Crippen molar-refractivity contribution in [2.24, 2.45) is 5.92 Å². The van der Waals surface area contributed by atoms with Gasteiger partial charge in [0.1, 0.15) is 11.9 Å². The van der Waals surface area contributed by atoms with Crippen LogP contribution in [0.15, 0.2) is 48.7 Å². The number of benzene rings is 1. The molecule has 0 radical (unpaired) electrons. The van der Waals surface area contributed by atoms with Gasteiger partial charge in [0.2, 0.25) is 5.91 Å². The molecule has 0 spiro atoms. The predicted molar refractivity (Wildman–Crippen MR) is 102 cm³/mol. The second-order valence-electron chi connectivity index (χ2n) is 7.16. The van der Waals surface area contributed by atoms with E-state index >= 15 is 0 Å². The van der Waals surface area contributed by atoms with Gasteiger partial charge in [-0.3, -0.25) is 10.2 Å². The summed E-state index contributed by atoms with van der Waals surface area (Å²) in [5, 5.41) is 3.01. The van der Waals surface area contributed by atoms with Gasteiger partial charge < -0.3 is 10.2 Å². The number of aromatic nitrogens is 1. The number of rotatable bonds is 6. The number of pyridine rings is 1. The molecule has 26 heavy (non-hydrogen) atoms. The maximum Gasteiger partial charge on any atom is 0.238 e. The van der Waals surface area contributed by atoms with Gasteiger partial charge >= 0.3 is 0 Å². The number of hydrogen-bond donors (Lipinski definition) is 3. The van der Waals surface area contributed by atoms with Crippen molar-refractivity contribution in [2.75, 3.05) is 11.9 Å². The summed E-state index contributed by atoms with van der Waals surface area (Å²) in [7, 11) is 1.99. The first-order chi connectivity index (χ1) is 12.7. The Labute approximate surface area is 154 Å². The molecule has 1 aromatic heterocycles. The highest BCUT2D eigenvalue weighted by Crippen LogP contribution is 2.35. The van der Waals surface area contributed by atoms with E-state index in [4.69, 9.17) is 0 Å². The Morgan fingerprint density at radius 3 is 2.69 bits per heavy atom. The largest absolute Gasteiger partial charge is 0.351 e. The van der Waals surface area contributed by atoms with Crippen LogP contribution in [0.4, 0.5) is 11.5 Å². The molecule has 2 fully saturated rings. The zero-order valence-corrected chi connectivity index (χ0v) is 15.0. The van der Waals surface area contributed by atoms with Gasteiger partial charge in [0.15, 0.2) is 0 Å². The monoisotopic (exact) mass is 351 g/mol. The molecule has 1 amide bonds. The molecule has 6 nitrogen and oxygen atoms in total. The van der Waals surface area contributed by atoms with Gasteiger partial charge in [0.25, 0.3) is 0 Å². The van der Waals surface area contributed by atoms with Crippen molar-refractivity contribution in [3.63, 3.8) is 0 Å². The van der Waals surface area contributed by atoms with Crippen LogP contribution < -0.4 is 21.1 Å². The first-order valence-electron chi connectivity index (χ1n) is 9.23. The molecule has 1 aromatic carbocycles. The first-order valence-corrected chi connectivity index (χ1v) is 9.23. The number of carbonyl (C=O) groups excluding carboxylic acids is 1. The van der Waals surface area contributed by atoms with Gasteiger partial charge in [0.05, 0.1) is 0 Å². The first kappa shape index (κ1) is 17.0. The van der Waals surface area contributed by atoms with Crippen molar-refractivity contribution in [3.8, 4) is 0 Å². The summed E-state index contributed by atoms with van der Waals surface area (Å²) < 4.78 is 0. The average Bonchev–Trinajstić information content (AvgIpc) is 3.43. The van der Waals surface area contributed by atoms with Crippen LogP contribution in [0.1, 0.15) is 24.8 Å². The van der Waals surface area contributed by atoms with E-state index in [1.54, 1.807) is 0 Å². The number of amides is 1. The minimum absolute atomic E-state index is 0.0473. The summed E-state index contributed by atoms with van der Waals surface area (Å²) in [6.45, 7) is 0.493. The molecular formula is C20H25N5O. The molecule has 1 saturated carbocycles. The van der Waals surface area contributed by atoms with Crippen molar-refractivity contribution in [1.82, 2.24) is 21.2 Å². The molecule has 2 heterocycles. The lowest BCUT2D eigenvalue weighted by molar-refractivity contribution is -0.123. The molecule has 1 aliphatic heterocycles. The van der Waals surface area contributed by atoms with Gasteiger partial charge in [0, 0.05) is 31.5 Å². The minimum atomic E-state index is -0.142. The zero-order chi connectivity index (χ0) is 17.9. The van der Waals surface area contributed by atoms with Crippen molar-refractivity contribution in [1.29, 1.82) is 0 Å². The van der Waals surface area contributed by atoms with E-state index in [0.717, 1.165) is 29.4 Å². The third-order valence-corrected chi connectivity index (χ3v) is 5.20. The SMILES string of the molecule is CN(c1ccccc1)c1ccc(CNC(=O)C2CC(C3CC3)NN2)cn1. The van der Waals surface area contributed by atoms with Crippen molar-refractivity contribution < 1.29 is 4.79 Å². The van der Waals surface area contributed by atoms with Gasteiger partial charge in [-0.05, 0) is 48.9 Å². The molecular weight excluding hydrogens is 326 g/mol. The smallest absolute Gasteiger partial charge is 0.238 e. The fraction of sp³-hybridized carbons (Fsp3) is 0.400. The Kier molecular flexibility index (Phi) is 4.86. The molecule has 1 aliphatic carbocycles. The number of hydrogen-bond acceptors (Lipinski definition) is 5. The number of nitrogens with one attached hydrogen (secondary N) is 3. The lowest BCUT2D eigenvalue weighted by atomic mass is 10.1. The summed E-state index contributed by atoms with van der Waals surface area (Å²) >= 11 is 0. The fourth-order valence-electron chi connectivity index (χ4n) is 3.38. The number of carbonyl (C=O) groups is 1. The van der Waals surface area contributed by atoms with Crippen LogP contribution in [-0.4, -0.2) is 30.0 Å². The molecule has 2 unspecified atom stereocenters. The molecule has 2 aliphatic rings. The van der Waals surface area contributed by atoms with E-state index in [-0.39, 0.29) is 11.9 Å². The van der Waals surface area contributed by atoms with Gasteiger partial charge in [-0.25, -0.2) is 10.4 Å². The standard InChI is InChI=1S/C20H25N5O/c1-25(16-5-3-2-4-6-16)19-10-7-14(12-21-19)13-22-20(26)18-11-17(23-24-18)15-8-9-15/h2-7,10,12,15,17-18,23-24H,8-9,11,13H2,1H3,(H,22,26). The molecule has 3 N–H and O–H groups in total. The van der Waals surface area contributed by atoms with Crippen LogP contribution in [0.2, 0.25) is 0 Å². The van der Waals surface area contributed by atoms with Crippen molar-refractivity contribution >= 4 is 17.4 Å². The van der Waals surface area contributed by atoms with Gasteiger partial charge in [-0.1, -0.05) is 24.3 Å². The van der Waals surface area contributed by atoms with Crippen LogP contribution in [-0.2, 0) is 11.3 Å².